The molecular weight excluding hydrogens is 376 g/mol. The van der Waals surface area contributed by atoms with E-state index in [1.165, 1.54) is 0 Å². The number of rotatable bonds is 5. The average Bonchev–Trinajstić information content (AvgIpc) is 3.35. The summed E-state index contributed by atoms with van der Waals surface area (Å²) in [6.45, 7) is 0. The molecule has 0 saturated carbocycles. The Morgan fingerprint density at radius 1 is 0.929 bits per heavy atom. The SMILES string of the molecule is COc1cc(-c2ccc3c(c2)C(=O)C(=Cc2ccsc2)O3)cc(OC)c1OC. The first kappa shape index (κ1) is 18.1. The first-order valence-electron chi connectivity index (χ1n) is 8.55. The van der Waals surface area contributed by atoms with Crippen molar-refractivity contribution >= 4 is 23.2 Å². The number of carbonyl (C=O) groups excluding carboxylic acids is 1. The van der Waals surface area contributed by atoms with Crippen LogP contribution in [-0.2, 0) is 0 Å². The number of hydrogen-bond acceptors (Lipinski definition) is 6. The molecule has 142 valence electrons. The summed E-state index contributed by atoms with van der Waals surface area (Å²) in [6, 6.07) is 11.2. The van der Waals surface area contributed by atoms with E-state index in [9.17, 15) is 4.79 Å². The number of thiophene rings is 1. The number of ketones is 1. The Labute approximate surface area is 166 Å². The van der Waals surface area contributed by atoms with Gasteiger partial charge in [0.05, 0.1) is 26.9 Å². The maximum Gasteiger partial charge on any atom is 0.231 e. The third kappa shape index (κ3) is 3.12. The number of benzene rings is 2. The molecule has 0 saturated heterocycles. The maximum absolute atomic E-state index is 12.8. The van der Waals surface area contributed by atoms with Crippen molar-refractivity contribution in [2.24, 2.45) is 0 Å². The van der Waals surface area contributed by atoms with E-state index in [0.29, 0.717) is 34.3 Å². The van der Waals surface area contributed by atoms with Crippen LogP contribution >= 0.6 is 11.3 Å². The molecule has 4 rings (SSSR count). The van der Waals surface area contributed by atoms with Gasteiger partial charge in [0.15, 0.2) is 17.3 Å². The number of Topliss-reactive ketones (excluding diaryl/α,β-unsaturated/α-hetero) is 1. The van der Waals surface area contributed by atoms with E-state index in [4.69, 9.17) is 18.9 Å². The summed E-state index contributed by atoms with van der Waals surface area (Å²) in [5.74, 6) is 2.39. The monoisotopic (exact) mass is 394 g/mol. The van der Waals surface area contributed by atoms with Crippen LogP contribution in [0, 0.1) is 0 Å². The van der Waals surface area contributed by atoms with Gasteiger partial charge in [-0.2, -0.15) is 11.3 Å². The zero-order chi connectivity index (χ0) is 19.7. The molecule has 0 N–H and O–H groups in total. The fourth-order valence-corrected chi connectivity index (χ4v) is 3.74. The van der Waals surface area contributed by atoms with Crippen molar-refractivity contribution in [2.75, 3.05) is 21.3 Å². The highest BCUT2D eigenvalue weighted by molar-refractivity contribution is 7.08. The van der Waals surface area contributed by atoms with Crippen LogP contribution in [0.2, 0.25) is 0 Å². The number of hydrogen-bond donors (Lipinski definition) is 0. The lowest BCUT2D eigenvalue weighted by atomic mass is 10.00. The third-order valence-corrected chi connectivity index (χ3v) is 5.21. The fraction of sp³-hybridized carbons (Fsp3) is 0.136. The Morgan fingerprint density at radius 3 is 2.29 bits per heavy atom. The van der Waals surface area contributed by atoms with E-state index < -0.39 is 0 Å². The van der Waals surface area contributed by atoms with E-state index in [-0.39, 0.29) is 5.78 Å². The lowest BCUT2D eigenvalue weighted by molar-refractivity contribution is 0.101. The highest BCUT2D eigenvalue weighted by atomic mass is 32.1. The van der Waals surface area contributed by atoms with Gasteiger partial charge in [-0.1, -0.05) is 6.07 Å². The Bertz CT molecular complexity index is 1040. The largest absolute Gasteiger partial charge is 0.493 e. The Hall–Kier alpha value is -3.25. The smallest absolute Gasteiger partial charge is 0.231 e. The second-order valence-electron chi connectivity index (χ2n) is 6.12. The molecule has 1 aliphatic heterocycles. The van der Waals surface area contributed by atoms with Gasteiger partial charge in [0.25, 0.3) is 0 Å². The first-order valence-corrected chi connectivity index (χ1v) is 9.49. The number of carbonyl (C=O) groups is 1. The molecule has 3 aromatic rings. The molecule has 2 aromatic carbocycles. The molecule has 0 aliphatic carbocycles. The predicted octanol–water partition coefficient (Wildman–Crippen LogP) is 5.06. The molecule has 28 heavy (non-hydrogen) atoms. The van der Waals surface area contributed by atoms with Crippen LogP contribution in [0.15, 0.2) is 52.9 Å². The van der Waals surface area contributed by atoms with Crippen LogP contribution < -0.4 is 18.9 Å². The molecule has 0 fully saturated rings. The van der Waals surface area contributed by atoms with E-state index in [0.717, 1.165) is 16.7 Å². The highest BCUT2D eigenvalue weighted by Crippen LogP contribution is 2.42. The standard InChI is InChI=1S/C22H18O5S/c1-24-19-10-15(11-20(25-2)22(19)26-3)14-4-5-17-16(9-14)21(23)18(27-17)8-13-6-7-28-12-13/h4-12H,1-3H3. The van der Waals surface area contributed by atoms with Gasteiger partial charge in [0, 0.05) is 0 Å². The van der Waals surface area contributed by atoms with Gasteiger partial charge in [-0.05, 0) is 63.9 Å². The van der Waals surface area contributed by atoms with Crippen LogP contribution in [0.5, 0.6) is 23.0 Å². The molecule has 6 heteroatoms. The van der Waals surface area contributed by atoms with Crippen LogP contribution in [0.4, 0.5) is 0 Å². The quantitative estimate of drug-likeness (QED) is 0.567. The molecule has 5 nitrogen and oxygen atoms in total. The van der Waals surface area contributed by atoms with Crippen molar-refractivity contribution in [1.29, 1.82) is 0 Å². The topological polar surface area (TPSA) is 54.0 Å². The molecule has 1 aliphatic rings. The molecule has 0 unspecified atom stereocenters. The second-order valence-corrected chi connectivity index (χ2v) is 6.90. The summed E-state index contributed by atoms with van der Waals surface area (Å²) in [4.78, 5) is 12.8. The molecular formula is C22H18O5S. The maximum atomic E-state index is 12.8. The van der Waals surface area contributed by atoms with Gasteiger partial charge < -0.3 is 18.9 Å². The van der Waals surface area contributed by atoms with Gasteiger partial charge >= 0.3 is 0 Å². The van der Waals surface area contributed by atoms with Crippen LogP contribution in [-0.4, -0.2) is 27.1 Å². The van der Waals surface area contributed by atoms with Crippen molar-refractivity contribution in [2.45, 2.75) is 0 Å². The summed E-state index contributed by atoms with van der Waals surface area (Å²) in [5, 5.41) is 3.93. The van der Waals surface area contributed by atoms with Crippen molar-refractivity contribution in [3.8, 4) is 34.1 Å². The number of allylic oxidation sites excluding steroid dienone is 1. The summed E-state index contributed by atoms with van der Waals surface area (Å²) in [5.41, 5.74) is 3.19. The molecule has 1 aromatic heterocycles. The highest BCUT2D eigenvalue weighted by Gasteiger charge is 2.28. The Balaban J connectivity index is 1.74. The Morgan fingerprint density at radius 2 is 1.68 bits per heavy atom. The normalized spacial score (nSPS) is 14.0. The van der Waals surface area contributed by atoms with E-state index in [1.54, 1.807) is 44.8 Å². The minimum Gasteiger partial charge on any atom is -0.493 e. The molecule has 2 heterocycles. The second kappa shape index (κ2) is 7.40. The van der Waals surface area contributed by atoms with E-state index in [1.807, 2.05) is 41.1 Å². The Kier molecular flexibility index (Phi) is 4.79. The number of ether oxygens (including phenoxy) is 4. The summed E-state index contributed by atoms with van der Waals surface area (Å²) in [6.07, 6.45) is 1.76. The van der Waals surface area contributed by atoms with Crippen LogP contribution in [0.3, 0.4) is 0 Å². The van der Waals surface area contributed by atoms with Crippen LogP contribution in [0.25, 0.3) is 17.2 Å². The minimum atomic E-state index is -0.129. The van der Waals surface area contributed by atoms with Gasteiger partial charge in [0.1, 0.15) is 5.75 Å². The van der Waals surface area contributed by atoms with E-state index >= 15 is 0 Å². The van der Waals surface area contributed by atoms with Crippen LogP contribution in [0.1, 0.15) is 15.9 Å². The number of methoxy groups -OCH3 is 3. The van der Waals surface area contributed by atoms with Gasteiger partial charge in [-0.25, -0.2) is 0 Å². The number of fused-ring (bicyclic) bond motifs is 1. The van der Waals surface area contributed by atoms with Crippen molar-refractivity contribution in [3.05, 3.63) is 64.0 Å². The first-order chi connectivity index (χ1) is 13.6. The molecule has 0 amide bonds. The zero-order valence-electron chi connectivity index (χ0n) is 15.6. The fourth-order valence-electron chi connectivity index (χ4n) is 3.12. The van der Waals surface area contributed by atoms with Gasteiger partial charge in [0.2, 0.25) is 11.5 Å². The summed E-state index contributed by atoms with van der Waals surface area (Å²) >= 11 is 1.57. The lowest BCUT2D eigenvalue weighted by Crippen LogP contribution is -1.98. The summed E-state index contributed by atoms with van der Waals surface area (Å²) in [7, 11) is 4.71. The summed E-state index contributed by atoms with van der Waals surface area (Å²) < 4.78 is 22.0. The van der Waals surface area contributed by atoms with Gasteiger partial charge in [-0.3, -0.25) is 4.79 Å². The molecule has 0 bridgehead atoms. The van der Waals surface area contributed by atoms with E-state index in [2.05, 4.69) is 0 Å². The third-order valence-electron chi connectivity index (χ3n) is 4.51. The molecule has 0 radical (unpaired) electrons. The van der Waals surface area contributed by atoms with Crippen molar-refractivity contribution in [1.82, 2.24) is 0 Å². The molecule has 0 atom stereocenters. The lowest BCUT2D eigenvalue weighted by Gasteiger charge is -2.14. The van der Waals surface area contributed by atoms with Crippen molar-refractivity contribution in [3.63, 3.8) is 0 Å². The molecule has 0 spiro atoms. The van der Waals surface area contributed by atoms with Gasteiger partial charge in [-0.15, -0.1) is 0 Å². The average molecular weight is 394 g/mol. The van der Waals surface area contributed by atoms with Crippen molar-refractivity contribution < 1.29 is 23.7 Å². The predicted molar refractivity (Wildman–Crippen MR) is 109 cm³/mol. The zero-order valence-corrected chi connectivity index (χ0v) is 16.5. The minimum absolute atomic E-state index is 0.129.